The molecule has 1 N–H and O–H groups in total. The second kappa shape index (κ2) is 5.52. The van der Waals surface area contributed by atoms with Crippen LogP contribution < -0.4 is 10.9 Å². The number of aromatic nitrogens is 1. The molecule has 7 heteroatoms. The fourth-order valence-corrected chi connectivity index (χ4v) is 3.26. The number of nitriles is 1. The van der Waals surface area contributed by atoms with E-state index in [1.54, 1.807) is 6.20 Å². The molecule has 0 atom stereocenters. The number of nitrogens with one attached hydrogen (secondary N) is 1. The molecule has 1 saturated carbocycles. The second-order valence-corrected chi connectivity index (χ2v) is 8.52. The van der Waals surface area contributed by atoms with E-state index in [1.165, 1.54) is 12.8 Å². The summed E-state index contributed by atoms with van der Waals surface area (Å²) in [5, 5.41) is 11.8. The SMILES string of the molecule is CC1(C)OB(c2ccc(C3(C#N)CN(NC4CC4)C3)nc2)OC1(C)C. The highest BCUT2D eigenvalue weighted by Gasteiger charge is 2.52. The Morgan fingerprint density at radius 1 is 1.20 bits per heavy atom. The van der Waals surface area contributed by atoms with Gasteiger partial charge in [0.25, 0.3) is 0 Å². The van der Waals surface area contributed by atoms with Crippen molar-refractivity contribution in [2.24, 2.45) is 0 Å². The summed E-state index contributed by atoms with van der Waals surface area (Å²) < 4.78 is 12.1. The van der Waals surface area contributed by atoms with Gasteiger partial charge in [-0.2, -0.15) is 5.26 Å². The first-order valence-electron chi connectivity index (χ1n) is 8.99. The highest BCUT2D eigenvalue weighted by molar-refractivity contribution is 6.62. The molecule has 3 heterocycles. The van der Waals surface area contributed by atoms with Gasteiger partial charge in [0.2, 0.25) is 0 Å². The predicted molar refractivity (Wildman–Crippen MR) is 95.0 cm³/mol. The molecule has 6 nitrogen and oxygen atoms in total. The van der Waals surface area contributed by atoms with Gasteiger partial charge in [0.15, 0.2) is 0 Å². The van der Waals surface area contributed by atoms with Crippen molar-refractivity contribution in [2.75, 3.05) is 13.1 Å². The topological polar surface area (TPSA) is 70.4 Å². The van der Waals surface area contributed by atoms with Crippen LogP contribution in [-0.4, -0.2) is 47.4 Å². The van der Waals surface area contributed by atoms with Crippen LogP contribution in [0.25, 0.3) is 0 Å². The van der Waals surface area contributed by atoms with Gasteiger partial charge in [0, 0.05) is 30.8 Å². The summed E-state index contributed by atoms with van der Waals surface area (Å²) in [6, 6.07) is 6.99. The maximum Gasteiger partial charge on any atom is 0.496 e. The third-order valence-electron chi connectivity index (χ3n) is 5.88. The van der Waals surface area contributed by atoms with Gasteiger partial charge in [-0.15, -0.1) is 0 Å². The Bertz CT molecular complexity index is 687. The second-order valence-electron chi connectivity index (χ2n) is 8.52. The number of hydrazine groups is 1. The predicted octanol–water partition coefficient (Wildman–Crippen LogP) is 1.12. The summed E-state index contributed by atoms with van der Waals surface area (Å²) >= 11 is 0. The van der Waals surface area contributed by atoms with Gasteiger partial charge in [0.05, 0.1) is 23.0 Å². The number of hydrogen-bond acceptors (Lipinski definition) is 6. The van der Waals surface area contributed by atoms with Crippen molar-refractivity contribution in [1.29, 1.82) is 5.26 Å². The van der Waals surface area contributed by atoms with Gasteiger partial charge in [0.1, 0.15) is 5.41 Å². The van der Waals surface area contributed by atoms with E-state index in [2.05, 4.69) is 21.5 Å². The van der Waals surface area contributed by atoms with E-state index in [9.17, 15) is 5.26 Å². The van der Waals surface area contributed by atoms with Crippen molar-refractivity contribution < 1.29 is 9.31 Å². The van der Waals surface area contributed by atoms with E-state index in [0.717, 1.165) is 11.2 Å². The maximum atomic E-state index is 9.68. The monoisotopic (exact) mass is 340 g/mol. The van der Waals surface area contributed by atoms with Crippen molar-refractivity contribution in [2.45, 2.75) is 63.2 Å². The molecule has 0 unspecified atom stereocenters. The molecule has 1 aromatic heterocycles. The van der Waals surface area contributed by atoms with Crippen LogP contribution in [0.5, 0.6) is 0 Å². The summed E-state index contributed by atoms with van der Waals surface area (Å²) in [7, 11) is -0.418. The van der Waals surface area contributed by atoms with Crippen molar-refractivity contribution in [1.82, 2.24) is 15.4 Å². The summed E-state index contributed by atoms with van der Waals surface area (Å²) in [6.45, 7) is 9.51. The standard InChI is InChI=1S/C18H25BN4O2/c1-16(2)17(3,4)25-19(24-16)13-5-8-15(21-9-13)18(10-20)11-23(12-18)22-14-6-7-14/h5,8-9,14,22H,6-7,11-12H2,1-4H3. The van der Waals surface area contributed by atoms with Crippen LogP contribution in [0.15, 0.2) is 18.3 Å². The van der Waals surface area contributed by atoms with Crippen LogP contribution in [-0.2, 0) is 14.7 Å². The van der Waals surface area contributed by atoms with E-state index >= 15 is 0 Å². The lowest BCUT2D eigenvalue weighted by Gasteiger charge is -2.45. The van der Waals surface area contributed by atoms with E-state index < -0.39 is 12.5 Å². The third kappa shape index (κ3) is 2.87. The van der Waals surface area contributed by atoms with Gasteiger partial charge in [-0.25, -0.2) is 5.01 Å². The first-order valence-corrected chi connectivity index (χ1v) is 8.99. The van der Waals surface area contributed by atoms with E-state index in [1.807, 2.05) is 39.8 Å². The average Bonchev–Trinajstić information content (AvgIpc) is 3.30. The summed E-state index contributed by atoms with van der Waals surface area (Å²) in [4.78, 5) is 4.58. The Balaban J connectivity index is 1.46. The Kier molecular flexibility index (Phi) is 3.75. The van der Waals surface area contributed by atoms with Crippen LogP contribution in [0, 0.1) is 11.3 Å². The van der Waals surface area contributed by atoms with Gasteiger partial charge in [-0.3, -0.25) is 10.4 Å². The Labute approximate surface area is 149 Å². The minimum atomic E-state index is -0.518. The molecule has 4 rings (SSSR count). The molecule has 0 spiro atoms. The normalized spacial score (nSPS) is 26.9. The van der Waals surface area contributed by atoms with Crippen molar-refractivity contribution in [3.8, 4) is 6.07 Å². The quantitative estimate of drug-likeness (QED) is 0.829. The Morgan fingerprint density at radius 2 is 1.84 bits per heavy atom. The molecule has 3 fully saturated rings. The first kappa shape index (κ1) is 17.0. The van der Waals surface area contributed by atoms with Gasteiger partial charge in [-0.05, 0) is 46.6 Å². The van der Waals surface area contributed by atoms with E-state index in [0.29, 0.717) is 19.1 Å². The number of pyridine rings is 1. The fourth-order valence-electron chi connectivity index (χ4n) is 3.26. The molecular weight excluding hydrogens is 315 g/mol. The summed E-state index contributed by atoms with van der Waals surface area (Å²) in [6.07, 6.45) is 4.25. The molecule has 3 aliphatic rings. The molecule has 0 amide bonds. The molecule has 1 aromatic rings. The van der Waals surface area contributed by atoms with Crippen LogP contribution in [0.1, 0.15) is 46.2 Å². The van der Waals surface area contributed by atoms with Crippen LogP contribution in [0.2, 0.25) is 0 Å². The summed E-state index contributed by atoms with van der Waals surface area (Å²) in [5.74, 6) is 0. The van der Waals surface area contributed by atoms with Crippen molar-refractivity contribution in [3.05, 3.63) is 24.0 Å². The Morgan fingerprint density at radius 3 is 2.32 bits per heavy atom. The van der Waals surface area contributed by atoms with Crippen molar-refractivity contribution >= 4 is 12.6 Å². The smallest absolute Gasteiger partial charge is 0.399 e. The van der Waals surface area contributed by atoms with Gasteiger partial charge in [-0.1, -0.05) is 6.07 Å². The number of rotatable bonds is 4. The average molecular weight is 340 g/mol. The largest absolute Gasteiger partial charge is 0.496 e. The highest BCUT2D eigenvalue weighted by atomic mass is 16.7. The zero-order chi connectivity index (χ0) is 17.9. The molecule has 2 saturated heterocycles. The first-order chi connectivity index (χ1) is 11.7. The lowest BCUT2D eigenvalue weighted by atomic mass is 9.76. The van der Waals surface area contributed by atoms with Crippen LogP contribution >= 0.6 is 0 Å². The fraction of sp³-hybridized carbons (Fsp3) is 0.667. The number of hydrogen-bond donors (Lipinski definition) is 1. The van der Waals surface area contributed by atoms with E-state index in [4.69, 9.17) is 9.31 Å². The van der Waals surface area contributed by atoms with Gasteiger partial charge >= 0.3 is 7.12 Å². The molecule has 0 radical (unpaired) electrons. The lowest BCUT2D eigenvalue weighted by molar-refractivity contribution is 0.00578. The minimum absolute atomic E-state index is 0.368. The van der Waals surface area contributed by atoms with Crippen LogP contribution in [0.4, 0.5) is 0 Å². The molecule has 1 aliphatic carbocycles. The number of nitrogens with zero attached hydrogens (tertiary/aromatic N) is 3. The Hall–Kier alpha value is -1.46. The van der Waals surface area contributed by atoms with Gasteiger partial charge < -0.3 is 9.31 Å². The molecule has 132 valence electrons. The molecule has 0 aromatic carbocycles. The van der Waals surface area contributed by atoms with Crippen LogP contribution in [0.3, 0.4) is 0 Å². The zero-order valence-electron chi connectivity index (χ0n) is 15.4. The maximum absolute atomic E-state index is 9.68. The third-order valence-corrected chi connectivity index (χ3v) is 5.88. The minimum Gasteiger partial charge on any atom is -0.399 e. The molecule has 0 bridgehead atoms. The zero-order valence-corrected chi connectivity index (χ0v) is 15.4. The van der Waals surface area contributed by atoms with Crippen molar-refractivity contribution in [3.63, 3.8) is 0 Å². The lowest BCUT2D eigenvalue weighted by Crippen LogP contribution is -2.64. The van der Waals surface area contributed by atoms with E-state index in [-0.39, 0.29) is 11.2 Å². The molecule has 25 heavy (non-hydrogen) atoms. The summed E-state index contributed by atoms with van der Waals surface area (Å²) in [5.41, 5.74) is 3.90. The molecular formula is C18H25BN4O2. The highest BCUT2D eigenvalue weighted by Crippen LogP contribution is 2.37. The molecule has 2 aliphatic heterocycles.